The van der Waals surface area contributed by atoms with Crippen LogP contribution in [0.15, 0.2) is 77.9 Å². The van der Waals surface area contributed by atoms with Crippen molar-refractivity contribution < 1.29 is 9.47 Å². The van der Waals surface area contributed by atoms with E-state index in [-0.39, 0.29) is 0 Å². The van der Waals surface area contributed by atoms with Gasteiger partial charge in [-0.05, 0) is 53.6 Å². The van der Waals surface area contributed by atoms with E-state index in [1.807, 2.05) is 72.8 Å². The van der Waals surface area contributed by atoms with Gasteiger partial charge < -0.3 is 9.47 Å². The first kappa shape index (κ1) is 17.8. The number of nitrogens with one attached hydrogen (secondary N) is 1. The van der Waals surface area contributed by atoms with Crippen LogP contribution >= 0.6 is 11.6 Å². The molecule has 0 atom stereocenters. The maximum absolute atomic E-state index is 6.00. The van der Waals surface area contributed by atoms with E-state index in [4.69, 9.17) is 21.1 Å². The summed E-state index contributed by atoms with van der Waals surface area (Å²) < 4.78 is 11.3. The Bertz CT molecular complexity index is 882. The molecular formula is C21H19ClN2O2. The Balaban J connectivity index is 1.65. The maximum Gasteiger partial charge on any atom is 0.161 e. The zero-order valence-corrected chi connectivity index (χ0v) is 15.1. The van der Waals surface area contributed by atoms with Crippen LogP contribution in [0.4, 0.5) is 5.69 Å². The highest BCUT2D eigenvalue weighted by Crippen LogP contribution is 2.28. The minimum absolute atomic E-state index is 0.417. The highest BCUT2D eigenvalue weighted by molar-refractivity contribution is 6.30. The van der Waals surface area contributed by atoms with Crippen molar-refractivity contribution in [1.82, 2.24) is 0 Å². The van der Waals surface area contributed by atoms with Crippen LogP contribution in [-0.4, -0.2) is 13.3 Å². The molecule has 3 aromatic carbocycles. The van der Waals surface area contributed by atoms with Gasteiger partial charge in [0.1, 0.15) is 6.61 Å². The van der Waals surface area contributed by atoms with E-state index in [0.717, 1.165) is 16.8 Å². The molecule has 0 radical (unpaired) electrons. The van der Waals surface area contributed by atoms with Crippen LogP contribution in [0.3, 0.4) is 0 Å². The average molecular weight is 367 g/mol. The predicted molar refractivity (Wildman–Crippen MR) is 106 cm³/mol. The number of anilines is 1. The molecule has 0 bridgehead atoms. The molecule has 0 amide bonds. The lowest BCUT2D eigenvalue weighted by molar-refractivity contribution is 0.284. The van der Waals surface area contributed by atoms with Crippen molar-refractivity contribution in [3.05, 3.63) is 88.9 Å². The van der Waals surface area contributed by atoms with Gasteiger partial charge in [-0.2, -0.15) is 5.10 Å². The number of hydrogen-bond donors (Lipinski definition) is 1. The van der Waals surface area contributed by atoms with Crippen molar-refractivity contribution in [1.29, 1.82) is 0 Å². The predicted octanol–water partition coefficient (Wildman–Crippen LogP) is 5.37. The first-order valence-electron chi connectivity index (χ1n) is 8.14. The topological polar surface area (TPSA) is 42.8 Å². The number of benzene rings is 3. The summed E-state index contributed by atoms with van der Waals surface area (Å²) in [5, 5.41) is 4.92. The van der Waals surface area contributed by atoms with Crippen molar-refractivity contribution >= 4 is 23.5 Å². The molecule has 1 N–H and O–H groups in total. The molecule has 0 saturated heterocycles. The molecule has 26 heavy (non-hydrogen) atoms. The van der Waals surface area contributed by atoms with Gasteiger partial charge in [0, 0.05) is 5.02 Å². The average Bonchev–Trinajstić information content (AvgIpc) is 2.67. The third kappa shape index (κ3) is 5.01. The van der Waals surface area contributed by atoms with Gasteiger partial charge in [-0.3, -0.25) is 5.43 Å². The van der Waals surface area contributed by atoms with Crippen LogP contribution in [0.5, 0.6) is 11.5 Å². The van der Waals surface area contributed by atoms with E-state index in [1.54, 1.807) is 13.3 Å². The van der Waals surface area contributed by atoms with E-state index in [0.29, 0.717) is 23.1 Å². The van der Waals surface area contributed by atoms with Crippen molar-refractivity contribution in [2.45, 2.75) is 6.61 Å². The lowest BCUT2D eigenvalue weighted by Gasteiger charge is -2.11. The van der Waals surface area contributed by atoms with E-state index < -0.39 is 0 Å². The highest BCUT2D eigenvalue weighted by Gasteiger charge is 2.06. The van der Waals surface area contributed by atoms with Crippen molar-refractivity contribution in [2.24, 2.45) is 5.10 Å². The zero-order chi connectivity index (χ0) is 18.2. The molecule has 0 aliphatic heterocycles. The summed E-state index contributed by atoms with van der Waals surface area (Å²) in [6.45, 7) is 0.417. The Hall–Kier alpha value is -2.98. The normalized spacial score (nSPS) is 10.7. The summed E-state index contributed by atoms with van der Waals surface area (Å²) in [6, 6.07) is 23.0. The van der Waals surface area contributed by atoms with Gasteiger partial charge in [-0.15, -0.1) is 0 Å². The van der Waals surface area contributed by atoms with Crippen LogP contribution < -0.4 is 14.9 Å². The smallest absolute Gasteiger partial charge is 0.161 e. The summed E-state index contributed by atoms with van der Waals surface area (Å²) >= 11 is 6.00. The maximum atomic E-state index is 6.00. The number of rotatable bonds is 7. The first-order valence-corrected chi connectivity index (χ1v) is 8.52. The molecule has 0 aliphatic rings. The van der Waals surface area contributed by atoms with Crippen LogP contribution in [-0.2, 0) is 6.61 Å². The summed E-state index contributed by atoms with van der Waals surface area (Å²) in [6.07, 6.45) is 1.73. The fourth-order valence-corrected chi connectivity index (χ4v) is 2.58. The second-order valence-electron chi connectivity index (χ2n) is 5.56. The molecule has 5 heteroatoms. The van der Waals surface area contributed by atoms with E-state index in [2.05, 4.69) is 10.5 Å². The quantitative estimate of drug-likeness (QED) is 0.451. The first-order chi connectivity index (χ1) is 12.7. The van der Waals surface area contributed by atoms with Crippen molar-refractivity contribution in [3.8, 4) is 11.5 Å². The fraction of sp³-hybridized carbons (Fsp3) is 0.0952. The molecule has 3 rings (SSSR count). The van der Waals surface area contributed by atoms with Gasteiger partial charge in [0.2, 0.25) is 0 Å². The lowest BCUT2D eigenvalue weighted by Crippen LogP contribution is -1.98. The Morgan fingerprint density at radius 3 is 2.58 bits per heavy atom. The van der Waals surface area contributed by atoms with Gasteiger partial charge in [-0.25, -0.2) is 0 Å². The minimum Gasteiger partial charge on any atom is -0.493 e. The molecule has 0 spiro atoms. The zero-order valence-electron chi connectivity index (χ0n) is 14.4. The Morgan fingerprint density at radius 2 is 1.81 bits per heavy atom. The van der Waals surface area contributed by atoms with Gasteiger partial charge in [-0.1, -0.05) is 41.9 Å². The van der Waals surface area contributed by atoms with Crippen LogP contribution in [0.25, 0.3) is 0 Å². The number of nitrogens with zero attached hydrogens (tertiary/aromatic N) is 1. The highest BCUT2D eigenvalue weighted by atomic mass is 35.5. The van der Waals surface area contributed by atoms with Gasteiger partial charge in [0.15, 0.2) is 11.5 Å². The second kappa shape index (κ2) is 8.92. The third-order valence-corrected chi connectivity index (χ3v) is 3.89. The molecular weight excluding hydrogens is 348 g/mol. The molecule has 132 valence electrons. The number of hydrazone groups is 1. The number of para-hydroxylation sites is 1. The summed E-state index contributed by atoms with van der Waals surface area (Å²) in [5.74, 6) is 1.32. The molecule has 4 nitrogen and oxygen atoms in total. The van der Waals surface area contributed by atoms with E-state index >= 15 is 0 Å². The third-order valence-electron chi connectivity index (χ3n) is 3.65. The number of methoxy groups -OCH3 is 1. The van der Waals surface area contributed by atoms with E-state index in [9.17, 15) is 0 Å². The molecule has 0 unspecified atom stereocenters. The summed E-state index contributed by atoms with van der Waals surface area (Å²) in [7, 11) is 1.62. The molecule has 0 aliphatic carbocycles. The molecule has 0 fully saturated rings. The molecule has 0 saturated carbocycles. The molecule has 3 aromatic rings. The van der Waals surface area contributed by atoms with Gasteiger partial charge in [0.25, 0.3) is 0 Å². The molecule has 0 heterocycles. The van der Waals surface area contributed by atoms with Crippen LogP contribution in [0, 0.1) is 0 Å². The summed E-state index contributed by atoms with van der Waals surface area (Å²) in [4.78, 5) is 0. The summed E-state index contributed by atoms with van der Waals surface area (Å²) in [5.41, 5.74) is 5.81. The Labute approximate surface area is 158 Å². The van der Waals surface area contributed by atoms with Crippen LogP contribution in [0.1, 0.15) is 11.1 Å². The Morgan fingerprint density at radius 1 is 0.962 bits per heavy atom. The van der Waals surface area contributed by atoms with Crippen LogP contribution in [0.2, 0.25) is 5.02 Å². The Kier molecular flexibility index (Phi) is 6.12. The second-order valence-corrected chi connectivity index (χ2v) is 6.00. The monoisotopic (exact) mass is 366 g/mol. The van der Waals surface area contributed by atoms with E-state index in [1.165, 1.54) is 0 Å². The van der Waals surface area contributed by atoms with Crippen molar-refractivity contribution in [2.75, 3.05) is 12.5 Å². The minimum atomic E-state index is 0.417. The number of hydrogen-bond acceptors (Lipinski definition) is 4. The molecule has 0 aromatic heterocycles. The van der Waals surface area contributed by atoms with Crippen molar-refractivity contribution in [3.63, 3.8) is 0 Å². The fourth-order valence-electron chi connectivity index (χ4n) is 2.37. The van der Waals surface area contributed by atoms with Gasteiger partial charge >= 0.3 is 0 Å². The number of halogens is 1. The van der Waals surface area contributed by atoms with Gasteiger partial charge in [0.05, 0.1) is 19.0 Å². The number of ether oxygens (including phenoxy) is 2. The largest absolute Gasteiger partial charge is 0.493 e. The lowest BCUT2D eigenvalue weighted by atomic mass is 10.2. The standard InChI is InChI=1S/C21H19ClN2O2/c1-25-21-13-16(14-23-24-19-8-3-2-4-9-19)10-11-20(21)26-15-17-6-5-7-18(22)12-17/h2-14,24H,15H2,1H3/b23-14+. The SMILES string of the molecule is COc1cc(/C=N/Nc2ccccc2)ccc1OCc1cccc(Cl)c1.